The Morgan fingerprint density at radius 3 is 2.86 bits per heavy atom. The SMILES string of the molecule is OC1CCC2OC1C1OC=CC2C1O. The van der Waals surface area contributed by atoms with Crippen LogP contribution < -0.4 is 0 Å². The van der Waals surface area contributed by atoms with Gasteiger partial charge in [-0.15, -0.1) is 0 Å². The van der Waals surface area contributed by atoms with E-state index in [1.165, 1.54) is 0 Å². The van der Waals surface area contributed by atoms with Gasteiger partial charge in [-0.25, -0.2) is 0 Å². The first-order valence-electron chi connectivity index (χ1n) is 5.11. The van der Waals surface area contributed by atoms with Crippen LogP contribution in [0.2, 0.25) is 0 Å². The molecular formula is C10H14O4. The van der Waals surface area contributed by atoms with Gasteiger partial charge in [-0.1, -0.05) is 0 Å². The van der Waals surface area contributed by atoms with Gasteiger partial charge in [-0.05, 0) is 18.9 Å². The summed E-state index contributed by atoms with van der Waals surface area (Å²) in [6, 6.07) is 0. The van der Waals surface area contributed by atoms with Crippen LogP contribution in [0.5, 0.6) is 0 Å². The third-order valence-electron chi connectivity index (χ3n) is 3.48. The van der Waals surface area contributed by atoms with E-state index in [1.807, 2.05) is 6.08 Å². The van der Waals surface area contributed by atoms with Crippen LogP contribution in [-0.4, -0.2) is 40.7 Å². The Morgan fingerprint density at radius 2 is 2.00 bits per heavy atom. The van der Waals surface area contributed by atoms with Crippen molar-refractivity contribution >= 4 is 0 Å². The quantitative estimate of drug-likeness (QED) is 0.566. The van der Waals surface area contributed by atoms with Crippen LogP contribution in [0.25, 0.3) is 0 Å². The Balaban J connectivity index is 1.95. The molecule has 0 radical (unpaired) electrons. The van der Waals surface area contributed by atoms with E-state index < -0.39 is 18.3 Å². The van der Waals surface area contributed by atoms with E-state index in [2.05, 4.69) is 0 Å². The van der Waals surface area contributed by atoms with Crippen LogP contribution in [0.1, 0.15) is 12.8 Å². The number of hydrogen-bond acceptors (Lipinski definition) is 4. The van der Waals surface area contributed by atoms with Crippen LogP contribution in [0.15, 0.2) is 12.3 Å². The lowest BCUT2D eigenvalue weighted by atomic mass is 9.78. The summed E-state index contributed by atoms with van der Waals surface area (Å²) in [5.41, 5.74) is 0. The fraction of sp³-hybridized carbons (Fsp3) is 0.800. The standard InChI is InChI=1S/C10H14O4/c11-6-1-2-7-5-3-4-13-10(8(5)12)9(6)14-7/h3-12H,1-2H2. The lowest BCUT2D eigenvalue weighted by molar-refractivity contribution is -0.247. The first kappa shape index (κ1) is 8.71. The largest absolute Gasteiger partial charge is 0.493 e. The summed E-state index contributed by atoms with van der Waals surface area (Å²) in [6.45, 7) is 0. The van der Waals surface area contributed by atoms with Crippen molar-refractivity contribution in [3.8, 4) is 0 Å². The molecule has 6 atom stereocenters. The maximum Gasteiger partial charge on any atom is 0.153 e. The smallest absolute Gasteiger partial charge is 0.153 e. The topological polar surface area (TPSA) is 58.9 Å². The molecule has 3 rings (SSSR count). The van der Waals surface area contributed by atoms with Crippen LogP contribution in [0.4, 0.5) is 0 Å². The Hall–Kier alpha value is -0.580. The highest BCUT2D eigenvalue weighted by Gasteiger charge is 2.51. The predicted octanol–water partition coefficient (Wildman–Crippen LogP) is -0.202. The number of aliphatic hydroxyl groups excluding tert-OH is 2. The highest BCUT2D eigenvalue weighted by Crippen LogP contribution is 2.39. The molecule has 14 heavy (non-hydrogen) atoms. The summed E-state index contributed by atoms with van der Waals surface area (Å²) in [5.74, 6) is 0.0394. The minimum atomic E-state index is -0.529. The van der Waals surface area contributed by atoms with Gasteiger partial charge < -0.3 is 19.7 Å². The Kier molecular flexibility index (Phi) is 1.84. The van der Waals surface area contributed by atoms with Crippen molar-refractivity contribution in [1.29, 1.82) is 0 Å². The molecule has 6 unspecified atom stereocenters. The highest BCUT2D eigenvalue weighted by atomic mass is 16.6. The van der Waals surface area contributed by atoms with E-state index in [9.17, 15) is 10.2 Å². The first-order chi connectivity index (χ1) is 6.77. The molecule has 3 aliphatic heterocycles. The second kappa shape index (κ2) is 2.95. The summed E-state index contributed by atoms with van der Waals surface area (Å²) in [7, 11) is 0. The minimum absolute atomic E-state index is 0.0394. The highest BCUT2D eigenvalue weighted by molar-refractivity contribution is 5.08. The minimum Gasteiger partial charge on any atom is -0.493 e. The molecule has 0 saturated carbocycles. The van der Waals surface area contributed by atoms with Gasteiger partial charge in [0.25, 0.3) is 0 Å². The predicted molar refractivity (Wildman–Crippen MR) is 47.4 cm³/mol. The van der Waals surface area contributed by atoms with Gasteiger partial charge >= 0.3 is 0 Å². The van der Waals surface area contributed by atoms with Crippen molar-refractivity contribution in [1.82, 2.24) is 0 Å². The molecule has 2 N–H and O–H groups in total. The molecular weight excluding hydrogens is 184 g/mol. The number of ether oxygens (including phenoxy) is 2. The maximum atomic E-state index is 9.94. The molecule has 2 fully saturated rings. The molecule has 3 heterocycles. The van der Waals surface area contributed by atoms with E-state index in [0.717, 1.165) is 12.8 Å². The maximum absolute atomic E-state index is 9.94. The van der Waals surface area contributed by atoms with Gasteiger partial charge in [-0.2, -0.15) is 0 Å². The fourth-order valence-electron chi connectivity index (χ4n) is 2.70. The Morgan fingerprint density at radius 1 is 1.14 bits per heavy atom. The molecule has 4 bridgehead atoms. The lowest BCUT2D eigenvalue weighted by Gasteiger charge is -2.50. The number of aliphatic hydroxyl groups is 2. The zero-order valence-electron chi connectivity index (χ0n) is 7.74. The summed E-state index contributed by atoms with van der Waals surface area (Å²) in [5, 5.41) is 19.7. The van der Waals surface area contributed by atoms with Crippen LogP contribution >= 0.6 is 0 Å². The number of fused-ring (bicyclic) bond motifs is 6. The van der Waals surface area contributed by atoms with E-state index in [1.54, 1.807) is 6.26 Å². The lowest BCUT2D eigenvalue weighted by Crippen LogP contribution is -2.62. The zero-order chi connectivity index (χ0) is 9.71. The molecule has 0 aliphatic carbocycles. The molecule has 0 spiro atoms. The average Bonchev–Trinajstić information content (AvgIpc) is 2.17. The van der Waals surface area contributed by atoms with Crippen LogP contribution in [-0.2, 0) is 9.47 Å². The number of rotatable bonds is 0. The molecule has 0 aromatic heterocycles. The van der Waals surface area contributed by atoms with Crippen molar-refractivity contribution in [2.75, 3.05) is 0 Å². The van der Waals surface area contributed by atoms with Gasteiger partial charge in [-0.3, -0.25) is 0 Å². The van der Waals surface area contributed by atoms with Gasteiger partial charge in [0.2, 0.25) is 0 Å². The fourth-order valence-corrected chi connectivity index (χ4v) is 2.70. The monoisotopic (exact) mass is 198 g/mol. The number of hydrogen-bond donors (Lipinski definition) is 2. The van der Waals surface area contributed by atoms with Gasteiger partial charge in [0.05, 0.1) is 18.5 Å². The van der Waals surface area contributed by atoms with E-state index in [4.69, 9.17) is 9.47 Å². The molecule has 78 valence electrons. The van der Waals surface area contributed by atoms with Crippen LogP contribution in [0, 0.1) is 5.92 Å². The molecule has 4 nitrogen and oxygen atoms in total. The summed E-state index contributed by atoms with van der Waals surface area (Å²) in [6.07, 6.45) is 3.32. The summed E-state index contributed by atoms with van der Waals surface area (Å²) < 4.78 is 11.0. The first-order valence-corrected chi connectivity index (χ1v) is 5.11. The van der Waals surface area contributed by atoms with Crippen LogP contribution in [0.3, 0.4) is 0 Å². The normalized spacial score (nSPS) is 55.3. The molecule has 2 saturated heterocycles. The van der Waals surface area contributed by atoms with Crippen molar-refractivity contribution in [3.05, 3.63) is 12.3 Å². The van der Waals surface area contributed by atoms with Crippen molar-refractivity contribution in [2.24, 2.45) is 5.92 Å². The second-order valence-electron chi connectivity index (χ2n) is 4.28. The molecule has 4 heteroatoms. The Bertz CT molecular complexity index is 265. The second-order valence-corrected chi connectivity index (χ2v) is 4.28. The molecule has 3 aliphatic rings. The van der Waals surface area contributed by atoms with Gasteiger partial charge in [0.15, 0.2) is 6.10 Å². The molecule has 0 amide bonds. The van der Waals surface area contributed by atoms with Crippen molar-refractivity contribution < 1.29 is 19.7 Å². The third kappa shape index (κ3) is 1.05. The van der Waals surface area contributed by atoms with E-state index >= 15 is 0 Å². The summed E-state index contributed by atoms with van der Waals surface area (Å²) in [4.78, 5) is 0. The van der Waals surface area contributed by atoms with E-state index in [-0.39, 0.29) is 18.1 Å². The summed E-state index contributed by atoms with van der Waals surface area (Å²) >= 11 is 0. The average molecular weight is 198 g/mol. The Labute approximate surface area is 82.1 Å². The third-order valence-corrected chi connectivity index (χ3v) is 3.48. The van der Waals surface area contributed by atoms with Crippen molar-refractivity contribution in [3.63, 3.8) is 0 Å². The molecule has 0 aromatic rings. The zero-order valence-corrected chi connectivity index (χ0v) is 7.74. The van der Waals surface area contributed by atoms with Crippen molar-refractivity contribution in [2.45, 2.75) is 43.4 Å². The van der Waals surface area contributed by atoms with E-state index in [0.29, 0.717) is 0 Å². The van der Waals surface area contributed by atoms with Gasteiger partial charge in [0, 0.05) is 5.92 Å². The van der Waals surface area contributed by atoms with Gasteiger partial charge in [0.1, 0.15) is 12.2 Å². The molecule has 0 aromatic carbocycles.